The van der Waals surface area contributed by atoms with Crippen LogP contribution >= 0.6 is 0 Å². The van der Waals surface area contributed by atoms with E-state index in [9.17, 15) is 4.79 Å². The molecule has 1 aliphatic rings. The van der Waals surface area contributed by atoms with Gasteiger partial charge in [0.2, 0.25) is 5.91 Å². The van der Waals surface area contributed by atoms with Crippen LogP contribution in [0.1, 0.15) is 31.4 Å². The lowest BCUT2D eigenvalue weighted by Crippen LogP contribution is -2.28. The standard InChI is InChI=1S/C13H19N3O/c1-10(17)16-8-4-5-12(16)11-6-7-13(14-9-11)15(2)3/h6-7,9,12H,4-5,8H2,1-3H3. The summed E-state index contributed by atoms with van der Waals surface area (Å²) in [5, 5.41) is 0. The molecule has 1 fully saturated rings. The van der Waals surface area contributed by atoms with Gasteiger partial charge >= 0.3 is 0 Å². The zero-order chi connectivity index (χ0) is 12.4. The molecule has 2 rings (SSSR count). The largest absolute Gasteiger partial charge is 0.363 e. The monoisotopic (exact) mass is 233 g/mol. The van der Waals surface area contributed by atoms with Crippen molar-refractivity contribution in [2.45, 2.75) is 25.8 Å². The van der Waals surface area contributed by atoms with Crippen LogP contribution in [0.3, 0.4) is 0 Å². The second kappa shape index (κ2) is 4.73. The first-order chi connectivity index (χ1) is 8.09. The molecule has 0 radical (unpaired) electrons. The first-order valence-corrected chi connectivity index (χ1v) is 6.00. The second-order valence-corrected chi connectivity index (χ2v) is 4.71. The summed E-state index contributed by atoms with van der Waals surface area (Å²) in [6, 6.07) is 4.30. The fraction of sp³-hybridized carbons (Fsp3) is 0.538. The molecule has 0 bridgehead atoms. The van der Waals surface area contributed by atoms with Crippen LogP contribution in [0.15, 0.2) is 18.3 Å². The highest BCUT2D eigenvalue weighted by Gasteiger charge is 2.27. The average molecular weight is 233 g/mol. The van der Waals surface area contributed by atoms with Crippen molar-refractivity contribution in [3.8, 4) is 0 Å². The van der Waals surface area contributed by atoms with Gasteiger partial charge in [-0.15, -0.1) is 0 Å². The lowest BCUT2D eigenvalue weighted by atomic mass is 10.1. The lowest BCUT2D eigenvalue weighted by molar-refractivity contribution is -0.129. The number of nitrogens with zero attached hydrogens (tertiary/aromatic N) is 3. The number of aromatic nitrogens is 1. The van der Waals surface area contributed by atoms with Crippen molar-refractivity contribution in [2.24, 2.45) is 0 Å². The van der Waals surface area contributed by atoms with Gasteiger partial charge in [0.05, 0.1) is 6.04 Å². The van der Waals surface area contributed by atoms with Crippen molar-refractivity contribution < 1.29 is 4.79 Å². The van der Waals surface area contributed by atoms with Crippen molar-refractivity contribution in [2.75, 3.05) is 25.5 Å². The van der Waals surface area contributed by atoms with Crippen molar-refractivity contribution in [1.29, 1.82) is 0 Å². The molecule has 0 aromatic carbocycles. The summed E-state index contributed by atoms with van der Waals surface area (Å²) >= 11 is 0. The molecule has 1 atom stereocenters. The normalized spacial score (nSPS) is 19.5. The van der Waals surface area contributed by atoms with Gasteiger partial charge in [-0.3, -0.25) is 4.79 Å². The van der Waals surface area contributed by atoms with E-state index >= 15 is 0 Å². The van der Waals surface area contributed by atoms with Crippen LogP contribution in [0.4, 0.5) is 5.82 Å². The Balaban J connectivity index is 2.19. The van der Waals surface area contributed by atoms with Gasteiger partial charge in [-0.05, 0) is 24.5 Å². The van der Waals surface area contributed by atoms with E-state index in [4.69, 9.17) is 0 Å². The quantitative estimate of drug-likeness (QED) is 0.782. The van der Waals surface area contributed by atoms with Crippen LogP contribution in [0.25, 0.3) is 0 Å². The SMILES string of the molecule is CC(=O)N1CCCC1c1ccc(N(C)C)nc1. The number of hydrogen-bond donors (Lipinski definition) is 0. The number of pyridine rings is 1. The molecule has 0 aliphatic carbocycles. The number of carbonyl (C=O) groups excluding carboxylic acids is 1. The maximum atomic E-state index is 11.5. The number of rotatable bonds is 2. The molecule has 1 amide bonds. The Morgan fingerprint density at radius 3 is 2.76 bits per heavy atom. The number of likely N-dealkylation sites (tertiary alicyclic amines) is 1. The Morgan fingerprint density at radius 2 is 2.24 bits per heavy atom. The smallest absolute Gasteiger partial charge is 0.219 e. The molecule has 2 heterocycles. The van der Waals surface area contributed by atoms with Crippen LogP contribution < -0.4 is 4.90 Å². The van der Waals surface area contributed by atoms with Gasteiger partial charge in [0.15, 0.2) is 0 Å². The van der Waals surface area contributed by atoms with E-state index in [-0.39, 0.29) is 11.9 Å². The fourth-order valence-corrected chi connectivity index (χ4v) is 2.35. The number of anilines is 1. The van der Waals surface area contributed by atoms with Crippen molar-refractivity contribution in [3.63, 3.8) is 0 Å². The van der Waals surface area contributed by atoms with Crippen molar-refractivity contribution in [1.82, 2.24) is 9.88 Å². The van der Waals surface area contributed by atoms with Crippen LogP contribution in [-0.2, 0) is 4.79 Å². The summed E-state index contributed by atoms with van der Waals surface area (Å²) in [6.07, 6.45) is 4.02. The van der Waals surface area contributed by atoms with Crippen LogP contribution in [0.2, 0.25) is 0 Å². The molecular formula is C13H19N3O. The maximum absolute atomic E-state index is 11.5. The highest BCUT2D eigenvalue weighted by Crippen LogP contribution is 2.31. The van der Waals surface area contributed by atoms with E-state index in [1.807, 2.05) is 36.2 Å². The fourth-order valence-electron chi connectivity index (χ4n) is 2.35. The Hall–Kier alpha value is -1.58. The molecular weight excluding hydrogens is 214 g/mol. The van der Waals surface area contributed by atoms with Crippen molar-refractivity contribution in [3.05, 3.63) is 23.9 Å². The van der Waals surface area contributed by atoms with Gasteiger partial charge in [0.25, 0.3) is 0 Å². The van der Waals surface area contributed by atoms with E-state index in [1.54, 1.807) is 6.92 Å². The zero-order valence-electron chi connectivity index (χ0n) is 10.7. The van der Waals surface area contributed by atoms with E-state index in [0.29, 0.717) is 0 Å². The van der Waals surface area contributed by atoms with E-state index < -0.39 is 0 Å². The summed E-state index contributed by atoms with van der Waals surface area (Å²) in [5.74, 6) is 1.10. The van der Waals surface area contributed by atoms with Gasteiger partial charge in [-0.25, -0.2) is 4.98 Å². The molecule has 1 saturated heterocycles. The first kappa shape index (κ1) is 11.9. The van der Waals surface area contributed by atoms with Crippen LogP contribution in [0, 0.1) is 0 Å². The number of hydrogen-bond acceptors (Lipinski definition) is 3. The topological polar surface area (TPSA) is 36.4 Å². The first-order valence-electron chi connectivity index (χ1n) is 6.00. The summed E-state index contributed by atoms with van der Waals surface area (Å²) in [7, 11) is 3.94. The summed E-state index contributed by atoms with van der Waals surface area (Å²) in [4.78, 5) is 19.8. The molecule has 0 saturated carbocycles. The van der Waals surface area contributed by atoms with E-state index in [0.717, 1.165) is 30.8 Å². The highest BCUT2D eigenvalue weighted by molar-refractivity contribution is 5.74. The number of amides is 1. The minimum Gasteiger partial charge on any atom is -0.363 e. The van der Waals surface area contributed by atoms with Crippen LogP contribution in [-0.4, -0.2) is 36.4 Å². The lowest BCUT2D eigenvalue weighted by Gasteiger charge is -2.23. The Kier molecular flexibility index (Phi) is 3.31. The van der Waals surface area contributed by atoms with Gasteiger partial charge in [0, 0.05) is 33.8 Å². The Labute approximate surface area is 102 Å². The third-order valence-electron chi connectivity index (χ3n) is 3.27. The van der Waals surface area contributed by atoms with Gasteiger partial charge in [-0.2, -0.15) is 0 Å². The maximum Gasteiger partial charge on any atom is 0.219 e. The number of carbonyl (C=O) groups is 1. The van der Waals surface area contributed by atoms with Gasteiger partial charge < -0.3 is 9.80 Å². The minimum atomic E-state index is 0.157. The molecule has 92 valence electrons. The predicted molar refractivity (Wildman–Crippen MR) is 67.9 cm³/mol. The van der Waals surface area contributed by atoms with E-state index in [2.05, 4.69) is 11.1 Å². The summed E-state index contributed by atoms with van der Waals surface area (Å²) in [6.45, 7) is 2.51. The minimum absolute atomic E-state index is 0.157. The summed E-state index contributed by atoms with van der Waals surface area (Å²) < 4.78 is 0. The molecule has 0 spiro atoms. The Bertz CT molecular complexity index is 400. The average Bonchev–Trinajstić information content (AvgIpc) is 2.78. The zero-order valence-corrected chi connectivity index (χ0v) is 10.7. The molecule has 4 heteroatoms. The van der Waals surface area contributed by atoms with Gasteiger partial charge in [0.1, 0.15) is 5.82 Å². The molecule has 1 unspecified atom stereocenters. The molecule has 17 heavy (non-hydrogen) atoms. The van der Waals surface area contributed by atoms with Crippen LogP contribution in [0.5, 0.6) is 0 Å². The third-order valence-corrected chi connectivity index (χ3v) is 3.27. The van der Waals surface area contributed by atoms with E-state index in [1.165, 1.54) is 0 Å². The second-order valence-electron chi connectivity index (χ2n) is 4.71. The third kappa shape index (κ3) is 2.40. The molecule has 1 aromatic rings. The van der Waals surface area contributed by atoms with Gasteiger partial charge in [-0.1, -0.05) is 6.07 Å². The molecule has 1 aliphatic heterocycles. The molecule has 1 aromatic heterocycles. The summed E-state index contributed by atoms with van der Waals surface area (Å²) in [5.41, 5.74) is 1.14. The predicted octanol–water partition coefficient (Wildman–Crippen LogP) is 1.83. The van der Waals surface area contributed by atoms with Crippen molar-refractivity contribution >= 4 is 11.7 Å². The highest BCUT2D eigenvalue weighted by atomic mass is 16.2. The molecule has 4 nitrogen and oxygen atoms in total. The Morgan fingerprint density at radius 1 is 1.47 bits per heavy atom. The molecule has 0 N–H and O–H groups in total.